The molecule has 0 saturated heterocycles. The summed E-state index contributed by atoms with van der Waals surface area (Å²) in [6.07, 6.45) is 4.50. The molecule has 0 spiro atoms. The van der Waals surface area contributed by atoms with Crippen molar-refractivity contribution in [1.82, 2.24) is 9.97 Å². The van der Waals surface area contributed by atoms with Crippen LogP contribution < -0.4 is 5.32 Å². The van der Waals surface area contributed by atoms with Crippen molar-refractivity contribution in [1.29, 1.82) is 0 Å². The van der Waals surface area contributed by atoms with Gasteiger partial charge < -0.3 is 0 Å². The van der Waals surface area contributed by atoms with Gasteiger partial charge in [-0.3, -0.25) is 15.1 Å². The van der Waals surface area contributed by atoms with Gasteiger partial charge in [-0.05, 0) is 36.4 Å². The zero-order valence-corrected chi connectivity index (χ0v) is 14.3. The fraction of sp³-hybridized carbons (Fsp3) is 0.0625. The van der Waals surface area contributed by atoms with Crippen LogP contribution in [0.3, 0.4) is 0 Å². The highest BCUT2D eigenvalue weighted by Crippen LogP contribution is 2.24. The van der Waals surface area contributed by atoms with Crippen molar-refractivity contribution in [2.45, 2.75) is 4.90 Å². The molecule has 0 saturated carbocycles. The van der Waals surface area contributed by atoms with E-state index in [0.29, 0.717) is 10.7 Å². The molecule has 1 amide bonds. The van der Waals surface area contributed by atoms with Crippen molar-refractivity contribution in [3.8, 4) is 11.3 Å². The van der Waals surface area contributed by atoms with E-state index in [4.69, 9.17) is 0 Å². The molecule has 3 rings (SSSR count). The number of anilines is 1. The predicted molar refractivity (Wildman–Crippen MR) is 92.9 cm³/mol. The Kier molecular flexibility index (Phi) is 4.41. The first kappa shape index (κ1) is 16.3. The summed E-state index contributed by atoms with van der Waals surface area (Å²) in [4.78, 5) is 20.8. The number of thiazole rings is 1. The predicted octanol–water partition coefficient (Wildman–Crippen LogP) is 2.86. The van der Waals surface area contributed by atoms with Crippen molar-refractivity contribution in [3.63, 3.8) is 0 Å². The summed E-state index contributed by atoms with van der Waals surface area (Å²) >= 11 is 1.31. The van der Waals surface area contributed by atoms with Crippen molar-refractivity contribution in [2.24, 2.45) is 0 Å². The van der Waals surface area contributed by atoms with Crippen molar-refractivity contribution in [3.05, 3.63) is 59.7 Å². The largest absolute Gasteiger partial charge is 0.298 e. The number of aromatic nitrogens is 2. The van der Waals surface area contributed by atoms with Gasteiger partial charge in [0.15, 0.2) is 15.0 Å². The van der Waals surface area contributed by atoms with Gasteiger partial charge in [0.2, 0.25) is 0 Å². The molecule has 0 aliphatic rings. The van der Waals surface area contributed by atoms with E-state index in [1.807, 2.05) is 17.5 Å². The van der Waals surface area contributed by atoms with Crippen LogP contribution in [0, 0.1) is 0 Å². The van der Waals surface area contributed by atoms with Crippen LogP contribution in [-0.2, 0) is 9.84 Å². The van der Waals surface area contributed by atoms with E-state index in [1.165, 1.54) is 35.6 Å². The summed E-state index contributed by atoms with van der Waals surface area (Å²) in [7, 11) is -3.28. The maximum Gasteiger partial charge on any atom is 0.257 e. The SMILES string of the molecule is CS(=O)(=O)c1ccc(C(=O)Nc2nc(-c3cccnc3)cs2)cc1. The average molecular weight is 359 g/mol. The van der Waals surface area contributed by atoms with Crippen LogP contribution in [0.25, 0.3) is 11.3 Å². The van der Waals surface area contributed by atoms with Gasteiger partial charge in [-0.2, -0.15) is 0 Å². The maximum absolute atomic E-state index is 12.2. The summed E-state index contributed by atoms with van der Waals surface area (Å²) in [6, 6.07) is 9.47. The standard InChI is InChI=1S/C16H13N3O3S2/c1-24(21,22)13-6-4-11(5-7-13)15(20)19-16-18-14(10-23-16)12-3-2-8-17-9-12/h2-10H,1H3,(H,18,19,20). The molecule has 1 aromatic carbocycles. The third-order valence-electron chi connectivity index (χ3n) is 3.23. The first-order valence-corrected chi connectivity index (χ1v) is 9.68. The first-order chi connectivity index (χ1) is 11.4. The molecule has 3 aromatic rings. The smallest absolute Gasteiger partial charge is 0.257 e. The molecule has 2 aromatic heterocycles. The van der Waals surface area contributed by atoms with Crippen LogP contribution in [0.15, 0.2) is 59.1 Å². The zero-order valence-electron chi connectivity index (χ0n) is 12.6. The Morgan fingerprint density at radius 3 is 2.54 bits per heavy atom. The van der Waals surface area contributed by atoms with Crippen molar-refractivity contribution in [2.75, 3.05) is 11.6 Å². The third kappa shape index (κ3) is 3.66. The summed E-state index contributed by atoms with van der Waals surface area (Å²) in [5.74, 6) is -0.345. The Bertz CT molecular complexity index is 965. The third-order valence-corrected chi connectivity index (χ3v) is 5.11. The Labute approximate surface area is 143 Å². The van der Waals surface area contributed by atoms with Crippen molar-refractivity contribution < 1.29 is 13.2 Å². The molecule has 6 nitrogen and oxygen atoms in total. The second-order valence-corrected chi connectivity index (χ2v) is 7.90. The number of hydrogen-bond acceptors (Lipinski definition) is 6. The lowest BCUT2D eigenvalue weighted by Crippen LogP contribution is -2.11. The van der Waals surface area contributed by atoms with E-state index in [-0.39, 0.29) is 10.8 Å². The molecule has 0 bridgehead atoms. The number of carbonyl (C=O) groups is 1. The summed E-state index contributed by atoms with van der Waals surface area (Å²) < 4.78 is 22.9. The van der Waals surface area contributed by atoms with E-state index in [1.54, 1.807) is 12.4 Å². The number of rotatable bonds is 4. The summed E-state index contributed by atoms with van der Waals surface area (Å²) in [5, 5.41) is 5.00. The molecule has 0 fully saturated rings. The van der Waals surface area contributed by atoms with Crippen molar-refractivity contribution >= 4 is 32.2 Å². The van der Waals surface area contributed by atoms with E-state index in [0.717, 1.165) is 17.5 Å². The van der Waals surface area contributed by atoms with Crippen LogP contribution in [0.5, 0.6) is 0 Å². The molecule has 0 radical (unpaired) electrons. The number of hydrogen-bond donors (Lipinski definition) is 1. The molecule has 0 atom stereocenters. The van der Waals surface area contributed by atoms with Crippen LogP contribution in [0.2, 0.25) is 0 Å². The summed E-state index contributed by atoms with van der Waals surface area (Å²) in [5.41, 5.74) is 1.96. The normalized spacial score (nSPS) is 11.2. The first-order valence-electron chi connectivity index (χ1n) is 6.91. The monoisotopic (exact) mass is 359 g/mol. The number of carbonyl (C=O) groups excluding carboxylic acids is 1. The molecule has 2 heterocycles. The minimum absolute atomic E-state index is 0.173. The minimum atomic E-state index is -3.28. The van der Waals surface area contributed by atoms with Gasteiger partial charge in [-0.15, -0.1) is 11.3 Å². The highest BCUT2D eigenvalue weighted by Gasteiger charge is 2.12. The lowest BCUT2D eigenvalue weighted by atomic mass is 10.2. The van der Waals surface area contributed by atoms with Gasteiger partial charge in [0.1, 0.15) is 0 Å². The van der Waals surface area contributed by atoms with Crippen LogP contribution in [0.4, 0.5) is 5.13 Å². The van der Waals surface area contributed by atoms with Gasteiger partial charge in [0, 0.05) is 35.2 Å². The number of nitrogens with zero attached hydrogens (tertiary/aromatic N) is 2. The number of nitrogens with one attached hydrogen (secondary N) is 1. The van der Waals surface area contributed by atoms with Crippen LogP contribution >= 0.6 is 11.3 Å². The Balaban J connectivity index is 1.75. The number of benzene rings is 1. The molecule has 122 valence electrons. The van der Waals surface area contributed by atoms with Gasteiger partial charge in [0.05, 0.1) is 10.6 Å². The fourth-order valence-electron chi connectivity index (χ4n) is 2.00. The molecular weight excluding hydrogens is 346 g/mol. The Morgan fingerprint density at radius 1 is 1.17 bits per heavy atom. The van der Waals surface area contributed by atoms with Crippen LogP contribution in [0.1, 0.15) is 10.4 Å². The van der Waals surface area contributed by atoms with E-state index >= 15 is 0 Å². The number of amides is 1. The van der Waals surface area contributed by atoms with E-state index < -0.39 is 9.84 Å². The highest BCUT2D eigenvalue weighted by atomic mass is 32.2. The fourth-order valence-corrected chi connectivity index (χ4v) is 3.35. The molecule has 24 heavy (non-hydrogen) atoms. The zero-order chi connectivity index (χ0) is 17.2. The average Bonchev–Trinajstić information content (AvgIpc) is 3.03. The Morgan fingerprint density at radius 2 is 1.92 bits per heavy atom. The van der Waals surface area contributed by atoms with E-state index in [2.05, 4.69) is 15.3 Å². The molecule has 1 N–H and O–H groups in total. The molecule has 8 heteroatoms. The lowest BCUT2D eigenvalue weighted by Gasteiger charge is -2.03. The maximum atomic E-state index is 12.2. The quantitative estimate of drug-likeness (QED) is 0.774. The van der Waals surface area contributed by atoms with Crippen LogP contribution in [-0.4, -0.2) is 30.5 Å². The molecule has 0 aliphatic heterocycles. The second kappa shape index (κ2) is 6.50. The minimum Gasteiger partial charge on any atom is -0.298 e. The Hall–Kier alpha value is -2.58. The lowest BCUT2D eigenvalue weighted by molar-refractivity contribution is 0.102. The van der Waals surface area contributed by atoms with Gasteiger partial charge in [0.25, 0.3) is 5.91 Å². The topological polar surface area (TPSA) is 89.0 Å². The summed E-state index contributed by atoms with van der Waals surface area (Å²) in [6.45, 7) is 0. The molecule has 0 aliphatic carbocycles. The number of sulfone groups is 1. The van der Waals surface area contributed by atoms with Gasteiger partial charge >= 0.3 is 0 Å². The highest BCUT2D eigenvalue weighted by molar-refractivity contribution is 7.90. The van der Waals surface area contributed by atoms with E-state index in [9.17, 15) is 13.2 Å². The second-order valence-electron chi connectivity index (χ2n) is 5.03. The molecule has 0 unspecified atom stereocenters. The van der Waals surface area contributed by atoms with Gasteiger partial charge in [-0.25, -0.2) is 13.4 Å². The van der Waals surface area contributed by atoms with Gasteiger partial charge in [-0.1, -0.05) is 0 Å². The number of pyridine rings is 1. The molecular formula is C16H13N3O3S2.